The van der Waals surface area contributed by atoms with Crippen molar-refractivity contribution < 1.29 is 24.6 Å². The molecule has 28 heavy (non-hydrogen) atoms. The SMILES string of the molecule is C#CC1(C(C(=O)O)C(=O)O)CCC2C3CCC4=CC(=O)CCC4C3CC[C@@]21C. The minimum absolute atomic E-state index is 0.239. The van der Waals surface area contributed by atoms with Crippen molar-refractivity contribution in [1.29, 1.82) is 0 Å². The van der Waals surface area contributed by atoms with Gasteiger partial charge in [-0.15, -0.1) is 6.42 Å². The average molecular weight is 384 g/mol. The lowest BCUT2D eigenvalue weighted by Gasteiger charge is -2.56. The second-order valence-electron chi connectivity index (χ2n) is 9.52. The Bertz CT molecular complexity index is 790. The van der Waals surface area contributed by atoms with Gasteiger partial charge in [0.2, 0.25) is 0 Å². The third kappa shape index (κ3) is 2.43. The third-order valence-electron chi connectivity index (χ3n) is 8.80. The number of allylic oxidation sites excluding steroid dienone is 1. The van der Waals surface area contributed by atoms with Crippen molar-refractivity contribution in [3.05, 3.63) is 11.6 Å². The predicted octanol–water partition coefficient (Wildman–Crippen LogP) is 3.53. The quantitative estimate of drug-likeness (QED) is 0.574. The molecule has 5 unspecified atom stereocenters. The van der Waals surface area contributed by atoms with E-state index in [9.17, 15) is 24.6 Å². The van der Waals surface area contributed by atoms with Gasteiger partial charge in [-0.3, -0.25) is 14.4 Å². The molecule has 4 aliphatic rings. The Morgan fingerprint density at radius 2 is 1.82 bits per heavy atom. The molecular weight excluding hydrogens is 356 g/mol. The number of fused-ring (bicyclic) bond motifs is 5. The van der Waals surface area contributed by atoms with Crippen LogP contribution in [0.5, 0.6) is 0 Å². The van der Waals surface area contributed by atoms with Gasteiger partial charge in [0.25, 0.3) is 0 Å². The van der Waals surface area contributed by atoms with Crippen LogP contribution >= 0.6 is 0 Å². The van der Waals surface area contributed by atoms with E-state index in [1.54, 1.807) is 0 Å². The number of carbonyl (C=O) groups excluding carboxylic acids is 1. The molecule has 150 valence electrons. The highest BCUT2D eigenvalue weighted by Gasteiger charge is 2.67. The van der Waals surface area contributed by atoms with Gasteiger partial charge in [-0.05, 0) is 80.1 Å². The Morgan fingerprint density at radius 1 is 1.11 bits per heavy atom. The minimum Gasteiger partial charge on any atom is -0.481 e. The van der Waals surface area contributed by atoms with E-state index in [0.717, 1.165) is 38.5 Å². The first-order valence-corrected chi connectivity index (χ1v) is 10.4. The Morgan fingerprint density at radius 3 is 2.46 bits per heavy atom. The largest absolute Gasteiger partial charge is 0.481 e. The number of carboxylic acid groups (broad SMARTS) is 2. The summed E-state index contributed by atoms with van der Waals surface area (Å²) >= 11 is 0. The molecule has 0 aromatic carbocycles. The molecule has 5 heteroatoms. The summed E-state index contributed by atoms with van der Waals surface area (Å²) in [5, 5.41) is 19.4. The molecule has 0 aromatic rings. The summed E-state index contributed by atoms with van der Waals surface area (Å²) < 4.78 is 0. The molecule has 0 aromatic heterocycles. The van der Waals surface area contributed by atoms with Crippen LogP contribution < -0.4 is 0 Å². The molecule has 4 aliphatic carbocycles. The van der Waals surface area contributed by atoms with E-state index in [2.05, 4.69) is 12.8 Å². The van der Waals surface area contributed by atoms with E-state index in [-0.39, 0.29) is 11.7 Å². The normalized spacial score (nSPS) is 42.0. The van der Waals surface area contributed by atoms with Crippen LogP contribution in [0.1, 0.15) is 58.3 Å². The highest BCUT2D eigenvalue weighted by Crippen LogP contribution is 2.69. The van der Waals surface area contributed by atoms with Gasteiger partial charge in [0, 0.05) is 6.42 Å². The molecule has 3 fully saturated rings. The number of hydrogen-bond donors (Lipinski definition) is 2. The lowest BCUT2D eigenvalue weighted by Crippen LogP contribution is -2.54. The minimum atomic E-state index is -1.56. The first-order valence-electron chi connectivity index (χ1n) is 10.4. The summed E-state index contributed by atoms with van der Waals surface area (Å²) in [6.45, 7) is 2.05. The third-order valence-corrected chi connectivity index (χ3v) is 8.80. The Kier molecular flexibility index (Phi) is 4.45. The van der Waals surface area contributed by atoms with Crippen LogP contribution in [0.15, 0.2) is 11.6 Å². The fourth-order valence-corrected chi connectivity index (χ4v) is 7.58. The van der Waals surface area contributed by atoms with Crippen molar-refractivity contribution >= 4 is 17.7 Å². The van der Waals surface area contributed by atoms with Gasteiger partial charge in [0.05, 0.1) is 5.41 Å². The standard InChI is InChI=1S/C23H28O5/c1-3-23(19(20(25)26)21(27)28)11-9-18-17-6-4-13-12-14(24)5-7-15(13)16(17)8-10-22(18,23)2/h1,12,15-19H,4-11H2,2H3,(H,25,26)(H,27,28)/t15?,16?,17?,18?,22-,23?/m0/s1. The van der Waals surface area contributed by atoms with Gasteiger partial charge in [-0.2, -0.15) is 0 Å². The zero-order valence-electron chi connectivity index (χ0n) is 16.3. The Labute approximate surface area is 165 Å². The van der Waals surface area contributed by atoms with Gasteiger partial charge < -0.3 is 10.2 Å². The van der Waals surface area contributed by atoms with E-state index in [1.807, 2.05) is 6.08 Å². The summed E-state index contributed by atoms with van der Waals surface area (Å²) in [6, 6.07) is 0. The monoisotopic (exact) mass is 384 g/mol. The lowest BCUT2D eigenvalue weighted by atomic mass is 9.47. The van der Waals surface area contributed by atoms with Gasteiger partial charge in [-0.25, -0.2) is 0 Å². The van der Waals surface area contributed by atoms with Crippen LogP contribution in [0.3, 0.4) is 0 Å². The molecule has 0 amide bonds. The Hall–Kier alpha value is -2.09. The fraction of sp³-hybridized carbons (Fsp3) is 0.696. The van der Waals surface area contributed by atoms with E-state index in [0.29, 0.717) is 30.6 Å². The maximum atomic E-state index is 11.9. The van der Waals surface area contributed by atoms with Crippen molar-refractivity contribution in [2.45, 2.75) is 58.3 Å². The number of carbonyl (C=O) groups is 3. The van der Waals surface area contributed by atoms with Crippen LogP contribution in [0.2, 0.25) is 0 Å². The van der Waals surface area contributed by atoms with E-state index in [4.69, 9.17) is 6.42 Å². The second kappa shape index (κ2) is 6.47. The zero-order valence-corrected chi connectivity index (χ0v) is 16.3. The van der Waals surface area contributed by atoms with Crippen molar-refractivity contribution in [1.82, 2.24) is 0 Å². The summed E-state index contributed by atoms with van der Waals surface area (Å²) in [5.74, 6) is 0.402. The van der Waals surface area contributed by atoms with Crippen molar-refractivity contribution in [3.63, 3.8) is 0 Å². The molecule has 0 bridgehead atoms. The maximum Gasteiger partial charge on any atom is 0.319 e. The summed E-state index contributed by atoms with van der Waals surface area (Å²) in [5.41, 5.74) is -0.314. The van der Waals surface area contributed by atoms with Crippen LogP contribution in [0, 0.1) is 52.8 Å². The van der Waals surface area contributed by atoms with Crippen LogP contribution in [0.25, 0.3) is 0 Å². The number of hydrogen-bond acceptors (Lipinski definition) is 3. The summed E-state index contributed by atoms with van der Waals surface area (Å²) in [7, 11) is 0. The van der Waals surface area contributed by atoms with E-state index < -0.39 is 28.7 Å². The van der Waals surface area contributed by atoms with Crippen LogP contribution in [-0.2, 0) is 14.4 Å². The zero-order chi connectivity index (χ0) is 20.3. The number of carboxylic acids is 2. The summed E-state index contributed by atoms with van der Waals surface area (Å²) in [4.78, 5) is 35.6. The molecular formula is C23H28O5. The first-order chi connectivity index (χ1) is 13.2. The average Bonchev–Trinajstić information content (AvgIpc) is 2.94. The second-order valence-corrected chi connectivity index (χ2v) is 9.52. The highest BCUT2D eigenvalue weighted by molar-refractivity contribution is 5.95. The molecule has 2 N–H and O–H groups in total. The fourth-order valence-electron chi connectivity index (χ4n) is 7.58. The maximum absolute atomic E-state index is 11.9. The number of ketones is 1. The number of terminal acetylenes is 1. The summed E-state index contributed by atoms with van der Waals surface area (Å²) in [6.07, 6.45) is 14.2. The molecule has 0 aliphatic heterocycles. The van der Waals surface area contributed by atoms with Gasteiger partial charge in [0.15, 0.2) is 11.7 Å². The van der Waals surface area contributed by atoms with Crippen molar-refractivity contribution in [2.75, 3.05) is 0 Å². The topological polar surface area (TPSA) is 91.7 Å². The number of aliphatic carboxylic acids is 2. The molecule has 5 nitrogen and oxygen atoms in total. The smallest absolute Gasteiger partial charge is 0.319 e. The molecule has 6 atom stereocenters. The van der Waals surface area contributed by atoms with Gasteiger partial charge in [-0.1, -0.05) is 18.4 Å². The van der Waals surface area contributed by atoms with E-state index in [1.165, 1.54) is 5.57 Å². The molecule has 0 spiro atoms. The molecule has 0 radical (unpaired) electrons. The van der Waals surface area contributed by atoms with Crippen LogP contribution in [-0.4, -0.2) is 27.9 Å². The molecule has 3 saturated carbocycles. The van der Waals surface area contributed by atoms with Crippen molar-refractivity contribution in [3.8, 4) is 12.3 Å². The molecule has 0 heterocycles. The van der Waals surface area contributed by atoms with Gasteiger partial charge in [0.1, 0.15) is 0 Å². The van der Waals surface area contributed by atoms with Gasteiger partial charge >= 0.3 is 11.9 Å². The first kappa shape index (κ1) is 19.2. The number of rotatable bonds is 3. The van der Waals surface area contributed by atoms with Crippen molar-refractivity contribution in [2.24, 2.45) is 40.4 Å². The molecule has 0 saturated heterocycles. The predicted molar refractivity (Wildman–Crippen MR) is 102 cm³/mol. The Balaban J connectivity index is 1.70. The lowest BCUT2D eigenvalue weighted by molar-refractivity contribution is -0.165. The van der Waals surface area contributed by atoms with E-state index >= 15 is 0 Å². The molecule has 4 rings (SSSR count). The highest BCUT2D eigenvalue weighted by atomic mass is 16.4. The van der Waals surface area contributed by atoms with Crippen LogP contribution in [0.4, 0.5) is 0 Å².